The van der Waals surface area contributed by atoms with Gasteiger partial charge in [0.25, 0.3) is 0 Å². The number of rotatable bonds is 12. The number of hydrogen-bond donors (Lipinski definition) is 0. The van der Waals surface area contributed by atoms with Gasteiger partial charge in [-0.2, -0.15) is 0 Å². The molecule has 0 spiro atoms. The molecule has 2 atom stereocenters. The molecule has 4 aromatic rings. The van der Waals surface area contributed by atoms with Gasteiger partial charge < -0.3 is 19.1 Å². The molecule has 0 bridgehead atoms. The molecule has 1 unspecified atom stereocenters. The Balaban J connectivity index is 1.75. The van der Waals surface area contributed by atoms with E-state index in [1.54, 1.807) is 11.9 Å². The van der Waals surface area contributed by atoms with Crippen molar-refractivity contribution in [3.8, 4) is 0 Å². The topological polar surface area (TPSA) is 85.4 Å². The minimum absolute atomic E-state index is 0.00102. The van der Waals surface area contributed by atoms with Gasteiger partial charge >= 0.3 is 18.2 Å². The molecule has 0 N–H and O–H groups in total. The van der Waals surface area contributed by atoms with Crippen LogP contribution in [0.1, 0.15) is 56.4 Å². The second-order valence-electron chi connectivity index (χ2n) is 14.4. The number of hydrogen-bond acceptors (Lipinski definition) is 6. The van der Waals surface area contributed by atoms with Crippen LogP contribution in [0.5, 0.6) is 0 Å². The number of benzene rings is 4. The van der Waals surface area contributed by atoms with Gasteiger partial charge in [-0.3, -0.25) is 4.90 Å². The standard InChI is InChI=1S/C44H50N2O6/c1-6-7-28-44(39(47)50-32-36-24-16-10-17-25-36)43(29-34-20-12-8-13-21-34,30-35-22-14-9-15-23-35)38(45(5)40(48)52-42(2,3)4)31-46(44)41(49)51-33-37-26-18-11-19-27-37/h6-27,38H,28-33H2,1-5H3/t38-,44?/m0/s1. The lowest BCUT2D eigenvalue weighted by molar-refractivity contribution is -0.165. The van der Waals surface area contributed by atoms with Crippen molar-refractivity contribution in [2.45, 2.75) is 77.4 Å². The Kier molecular flexibility index (Phi) is 12.2. The second kappa shape index (κ2) is 16.8. The molecule has 52 heavy (non-hydrogen) atoms. The van der Waals surface area contributed by atoms with Crippen LogP contribution in [0.4, 0.5) is 9.59 Å². The summed E-state index contributed by atoms with van der Waals surface area (Å²) in [4.78, 5) is 47.2. The van der Waals surface area contributed by atoms with Crippen LogP contribution in [0.25, 0.3) is 0 Å². The van der Waals surface area contributed by atoms with Gasteiger partial charge in [-0.1, -0.05) is 133 Å². The van der Waals surface area contributed by atoms with Gasteiger partial charge in [-0.05, 0) is 62.8 Å². The lowest BCUT2D eigenvalue weighted by Crippen LogP contribution is -2.65. The highest BCUT2D eigenvalue weighted by atomic mass is 16.6. The maximum Gasteiger partial charge on any atom is 0.411 e. The molecule has 0 saturated carbocycles. The van der Waals surface area contributed by atoms with Gasteiger partial charge in [-0.25, -0.2) is 14.4 Å². The lowest BCUT2D eigenvalue weighted by atomic mass is 9.59. The molecule has 8 heteroatoms. The van der Waals surface area contributed by atoms with E-state index >= 15 is 4.79 Å². The number of likely N-dealkylation sites (tertiary alicyclic amines) is 1. The first-order valence-electron chi connectivity index (χ1n) is 17.8. The summed E-state index contributed by atoms with van der Waals surface area (Å²) in [7, 11) is 1.69. The normalized spacial score (nSPS) is 18.2. The van der Waals surface area contributed by atoms with Crippen molar-refractivity contribution in [3.05, 3.63) is 156 Å². The molecular formula is C44H50N2O6. The first-order chi connectivity index (χ1) is 25.0. The van der Waals surface area contributed by atoms with Gasteiger partial charge in [0.2, 0.25) is 0 Å². The quantitative estimate of drug-likeness (QED) is 0.0834. The lowest BCUT2D eigenvalue weighted by Gasteiger charge is -2.50. The van der Waals surface area contributed by atoms with Crippen LogP contribution in [-0.4, -0.2) is 58.7 Å². The van der Waals surface area contributed by atoms with Gasteiger partial charge in [0.1, 0.15) is 18.8 Å². The fraction of sp³-hybridized carbons (Fsp3) is 0.341. The van der Waals surface area contributed by atoms with Crippen molar-refractivity contribution in [2.24, 2.45) is 5.41 Å². The predicted molar refractivity (Wildman–Crippen MR) is 202 cm³/mol. The van der Waals surface area contributed by atoms with Crippen molar-refractivity contribution < 1.29 is 28.6 Å². The molecule has 5 rings (SSSR count). The fourth-order valence-corrected chi connectivity index (χ4v) is 7.38. The van der Waals surface area contributed by atoms with E-state index < -0.39 is 40.8 Å². The van der Waals surface area contributed by atoms with Crippen molar-refractivity contribution in [1.82, 2.24) is 9.80 Å². The fourth-order valence-electron chi connectivity index (χ4n) is 7.38. The van der Waals surface area contributed by atoms with Crippen LogP contribution in [0.15, 0.2) is 133 Å². The minimum Gasteiger partial charge on any atom is -0.459 e. The van der Waals surface area contributed by atoms with Crippen molar-refractivity contribution in [2.75, 3.05) is 13.6 Å². The molecule has 1 heterocycles. The summed E-state index contributed by atoms with van der Waals surface area (Å²) >= 11 is 0. The Bertz CT molecular complexity index is 1750. The molecule has 0 aliphatic carbocycles. The Labute approximate surface area is 308 Å². The molecule has 1 aliphatic rings. The average molecular weight is 703 g/mol. The summed E-state index contributed by atoms with van der Waals surface area (Å²) in [6.45, 7) is 7.35. The Morgan fingerprint density at radius 3 is 1.62 bits per heavy atom. The third-order valence-corrected chi connectivity index (χ3v) is 9.78. The van der Waals surface area contributed by atoms with Crippen LogP contribution in [0, 0.1) is 5.41 Å². The maximum absolute atomic E-state index is 15.4. The highest BCUT2D eigenvalue weighted by molar-refractivity contribution is 5.89. The number of likely N-dealkylation sites (N-methyl/N-ethyl adjacent to an activating group) is 1. The van der Waals surface area contributed by atoms with Crippen molar-refractivity contribution >= 4 is 18.2 Å². The number of esters is 1. The number of allylic oxidation sites excluding steroid dienone is 1. The highest BCUT2D eigenvalue weighted by Crippen LogP contribution is 2.55. The Hall–Kier alpha value is -5.37. The van der Waals surface area contributed by atoms with E-state index in [0.29, 0.717) is 12.8 Å². The molecule has 4 aromatic carbocycles. The van der Waals surface area contributed by atoms with E-state index in [2.05, 4.69) is 0 Å². The zero-order valence-electron chi connectivity index (χ0n) is 30.9. The number of carbonyl (C=O) groups excluding carboxylic acids is 3. The smallest absolute Gasteiger partial charge is 0.411 e. The van der Waals surface area contributed by atoms with Gasteiger partial charge in [0.05, 0.1) is 6.04 Å². The molecule has 8 nitrogen and oxygen atoms in total. The van der Waals surface area contributed by atoms with Crippen LogP contribution >= 0.6 is 0 Å². The number of ether oxygens (including phenoxy) is 3. The van der Waals surface area contributed by atoms with E-state index in [9.17, 15) is 9.59 Å². The van der Waals surface area contributed by atoms with E-state index in [1.165, 1.54) is 4.90 Å². The zero-order chi connectivity index (χ0) is 37.2. The van der Waals surface area contributed by atoms with Crippen LogP contribution in [0.2, 0.25) is 0 Å². The summed E-state index contributed by atoms with van der Waals surface area (Å²) in [6.07, 6.45) is 3.34. The van der Waals surface area contributed by atoms with Gasteiger partial charge in [0, 0.05) is 25.4 Å². The zero-order valence-corrected chi connectivity index (χ0v) is 30.9. The molecule has 1 saturated heterocycles. The van der Waals surface area contributed by atoms with Gasteiger partial charge in [0.15, 0.2) is 5.54 Å². The molecule has 0 radical (unpaired) electrons. The van der Waals surface area contributed by atoms with Crippen LogP contribution in [0.3, 0.4) is 0 Å². The Morgan fingerprint density at radius 2 is 1.17 bits per heavy atom. The largest absolute Gasteiger partial charge is 0.459 e. The average Bonchev–Trinajstić information content (AvgIpc) is 3.42. The molecule has 2 amide bonds. The summed E-state index contributed by atoms with van der Waals surface area (Å²) < 4.78 is 18.3. The van der Waals surface area contributed by atoms with E-state index in [-0.39, 0.29) is 26.2 Å². The number of carbonyl (C=O) groups is 3. The number of nitrogens with zero attached hydrogens (tertiary/aromatic N) is 2. The molecular weight excluding hydrogens is 652 g/mol. The van der Waals surface area contributed by atoms with E-state index in [4.69, 9.17) is 14.2 Å². The monoisotopic (exact) mass is 702 g/mol. The third kappa shape index (κ3) is 8.56. The molecule has 1 aliphatic heterocycles. The second-order valence-corrected chi connectivity index (χ2v) is 14.4. The third-order valence-electron chi connectivity index (χ3n) is 9.78. The molecule has 1 fully saturated rings. The summed E-state index contributed by atoms with van der Waals surface area (Å²) in [5.41, 5.74) is -0.0382. The predicted octanol–water partition coefficient (Wildman–Crippen LogP) is 8.79. The van der Waals surface area contributed by atoms with Crippen LogP contribution in [-0.2, 0) is 45.1 Å². The van der Waals surface area contributed by atoms with Crippen LogP contribution < -0.4 is 0 Å². The first-order valence-corrected chi connectivity index (χ1v) is 17.8. The van der Waals surface area contributed by atoms with E-state index in [1.807, 2.05) is 161 Å². The summed E-state index contributed by atoms with van der Waals surface area (Å²) in [6, 6.07) is 38.0. The minimum atomic E-state index is -1.63. The Morgan fingerprint density at radius 1 is 0.731 bits per heavy atom. The number of amides is 2. The first kappa shape index (κ1) is 37.9. The van der Waals surface area contributed by atoms with Crippen molar-refractivity contribution in [1.29, 1.82) is 0 Å². The van der Waals surface area contributed by atoms with Gasteiger partial charge in [-0.15, -0.1) is 0 Å². The summed E-state index contributed by atoms with van der Waals surface area (Å²) in [5, 5.41) is 0. The van der Waals surface area contributed by atoms with E-state index in [0.717, 1.165) is 22.3 Å². The SMILES string of the molecule is CC=CCC1(C(=O)OCc2ccccc2)N(C(=O)OCc2ccccc2)C[C@H](N(C)C(=O)OC(C)(C)C)C1(Cc1ccccc1)Cc1ccccc1. The molecule has 0 aromatic heterocycles. The molecule has 272 valence electrons. The van der Waals surface area contributed by atoms with Crippen molar-refractivity contribution in [3.63, 3.8) is 0 Å². The summed E-state index contributed by atoms with van der Waals surface area (Å²) in [5.74, 6) is -0.571. The highest BCUT2D eigenvalue weighted by Gasteiger charge is 2.71. The maximum atomic E-state index is 15.4.